The highest BCUT2D eigenvalue weighted by Crippen LogP contribution is 2.26. The van der Waals surface area contributed by atoms with Gasteiger partial charge < -0.3 is 45.1 Å². The molecule has 8 unspecified atom stereocenters. The fourth-order valence-electron chi connectivity index (χ4n) is 9.42. The highest BCUT2D eigenvalue weighted by atomic mass is 16.7. The molecule has 1 saturated heterocycles. The summed E-state index contributed by atoms with van der Waals surface area (Å²) in [6.07, 6.45) is 54.0. The van der Waals surface area contributed by atoms with Crippen LogP contribution < -0.4 is 5.32 Å². The SMILES string of the molecule is CCCCC/C=C\C/C=C\C/C=C\CCCCCCCCCCC(=O)OC1C(OCC(NC(=O)C(O)CCCCCCCC/C=C\CCCCCC)C(O)/C=C/CCCCCCCCCCC)OC(CO)C(O)C1O. The smallest absolute Gasteiger partial charge is 0.306 e. The van der Waals surface area contributed by atoms with Crippen molar-refractivity contribution >= 4 is 11.9 Å². The van der Waals surface area contributed by atoms with E-state index in [4.69, 9.17) is 14.2 Å². The van der Waals surface area contributed by atoms with Crippen LogP contribution >= 0.6 is 0 Å². The molecule has 6 N–H and O–H groups in total. The average molecular weight is 1060 g/mol. The summed E-state index contributed by atoms with van der Waals surface area (Å²) in [6.45, 7) is 5.74. The van der Waals surface area contributed by atoms with Gasteiger partial charge >= 0.3 is 5.97 Å². The number of rotatable bonds is 52. The second-order valence-corrected chi connectivity index (χ2v) is 21.4. The summed E-state index contributed by atoms with van der Waals surface area (Å²) in [5.74, 6) is -1.20. The molecule has 11 nitrogen and oxygen atoms in total. The van der Waals surface area contributed by atoms with Crippen LogP contribution in [0.25, 0.3) is 0 Å². The number of hydrogen-bond donors (Lipinski definition) is 6. The van der Waals surface area contributed by atoms with E-state index in [9.17, 15) is 35.1 Å². The van der Waals surface area contributed by atoms with Gasteiger partial charge in [0.05, 0.1) is 25.4 Å². The quantitative estimate of drug-likeness (QED) is 0.0195. The molecule has 0 aromatic heterocycles. The van der Waals surface area contributed by atoms with Crippen LogP contribution in [-0.2, 0) is 23.8 Å². The maximum atomic E-state index is 13.4. The van der Waals surface area contributed by atoms with Gasteiger partial charge in [-0.1, -0.05) is 236 Å². The minimum Gasteiger partial charge on any atom is -0.454 e. The molecule has 0 bridgehead atoms. The van der Waals surface area contributed by atoms with E-state index in [1.165, 1.54) is 128 Å². The lowest BCUT2D eigenvalue weighted by molar-refractivity contribution is -0.305. The third kappa shape index (κ3) is 40.2. The lowest BCUT2D eigenvalue weighted by atomic mass is 9.99. The summed E-state index contributed by atoms with van der Waals surface area (Å²) in [5.41, 5.74) is 0. The molecule has 436 valence electrons. The maximum Gasteiger partial charge on any atom is 0.306 e. The number of hydrogen-bond acceptors (Lipinski definition) is 10. The Morgan fingerprint density at radius 1 is 0.520 bits per heavy atom. The number of carbonyl (C=O) groups is 2. The van der Waals surface area contributed by atoms with Gasteiger partial charge in [0.1, 0.15) is 24.4 Å². The Balaban J connectivity index is 2.65. The lowest BCUT2D eigenvalue weighted by Gasteiger charge is -2.41. The van der Waals surface area contributed by atoms with Crippen molar-refractivity contribution in [2.45, 2.75) is 320 Å². The van der Waals surface area contributed by atoms with Crippen LogP contribution in [0.5, 0.6) is 0 Å². The monoisotopic (exact) mass is 1060 g/mol. The number of esters is 1. The third-order valence-electron chi connectivity index (χ3n) is 14.4. The van der Waals surface area contributed by atoms with Gasteiger partial charge in [-0.3, -0.25) is 9.59 Å². The zero-order valence-electron chi connectivity index (χ0n) is 48.2. The highest BCUT2D eigenvalue weighted by Gasteiger charge is 2.47. The summed E-state index contributed by atoms with van der Waals surface area (Å²) in [5, 5.41) is 56.9. The molecule has 0 spiro atoms. The first-order chi connectivity index (χ1) is 36.7. The number of allylic oxidation sites excluding steroid dienone is 9. The van der Waals surface area contributed by atoms with Crippen molar-refractivity contribution in [1.29, 1.82) is 0 Å². The molecule has 1 heterocycles. The molecule has 1 fully saturated rings. The molecule has 0 radical (unpaired) electrons. The lowest BCUT2D eigenvalue weighted by Crippen LogP contribution is -2.61. The maximum absolute atomic E-state index is 13.4. The van der Waals surface area contributed by atoms with E-state index < -0.39 is 67.4 Å². The van der Waals surface area contributed by atoms with Crippen LogP contribution in [0.4, 0.5) is 0 Å². The highest BCUT2D eigenvalue weighted by molar-refractivity contribution is 5.80. The largest absolute Gasteiger partial charge is 0.454 e. The Labute approximate surface area is 458 Å². The number of aliphatic hydroxyl groups is 5. The zero-order valence-corrected chi connectivity index (χ0v) is 48.2. The Morgan fingerprint density at radius 3 is 1.43 bits per heavy atom. The fourth-order valence-corrected chi connectivity index (χ4v) is 9.42. The van der Waals surface area contributed by atoms with Crippen LogP contribution in [0.1, 0.15) is 271 Å². The van der Waals surface area contributed by atoms with Gasteiger partial charge in [0.2, 0.25) is 5.91 Å². The molecular formula is C64H115NO10. The van der Waals surface area contributed by atoms with Gasteiger partial charge in [-0.25, -0.2) is 0 Å². The van der Waals surface area contributed by atoms with E-state index in [2.05, 4.69) is 74.7 Å². The van der Waals surface area contributed by atoms with Crippen LogP contribution in [0.15, 0.2) is 60.8 Å². The van der Waals surface area contributed by atoms with Gasteiger partial charge in [0.15, 0.2) is 12.4 Å². The number of nitrogens with one attached hydrogen (secondary N) is 1. The van der Waals surface area contributed by atoms with Crippen LogP contribution in [0.2, 0.25) is 0 Å². The Morgan fingerprint density at radius 2 is 0.920 bits per heavy atom. The van der Waals surface area contributed by atoms with E-state index in [1.54, 1.807) is 6.08 Å². The summed E-state index contributed by atoms with van der Waals surface area (Å²) < 4.78 is 17.6. The minimum atomic E-state index is -1.62. The Bertz CT molecular complexity index is 1450. The molecule has 1 amide bonds. The predicted molar refractivity (Wildman–Crippen MR) is 310 cm³/mol. The zero-order chi connectivity index (χ0) is 54.7. The van der Waals surface area contributed by atoms with Gasteiger partial charge in [-0.15, -0.1) is 0 Å². The van der Waals surface area contributed by atoms with Gasteiger partial charge in [-0.05, 0) is 89.9 Å². The summed E-state index contributed by atoms with van der Waals surface area (Å²) in [6, 6.07) is -1.03. The minimum absolute atomic E-state index is 0.114. The van der Waals surface area contributed by atoms with Crippen molar-refractivity contribution in [3.8, 4) is 0 Å². The van der Waals surface area contributed by atoms with E-state index >= 15 is 0 Å². The molecule has 1 aliphatic rings. The molecule has 0 aromatic carbocycles. The second kappa shape index (κ2) is 52.1. The molecule has 75 heavy (non-hydrogen) atoms. The van der Waals surface area contributed by atoms with Crippen molar-refractivity contribution in [3.63, 3.8) is 0 Å². The molecule has 11 heteroatoms. The van der Waals surface area contributed by atoms with Crippen LogP contribution in [-0.4, -0.2) is 99.6 Å². The van der Waals surface area contributed by atoms with E-state index in [1.807, 2.05) is 6.08 Å². The van der Waals surface area contributed by atoms with Crippen molar-refractivity contribution in [2.24, 2.45) is 0 Å². The van der Waals surface area contributed by atoms with E-state index in [0.717, 1.165) is 96.3 Å². The molecule has 1 rings (SSSR count). The standard InChI is InChI=1S/C64H115NO10/c1-4-7-10-13-16-19-22-24-26-27-28-29-30-31-32-34-37-40-43-46-49-52-59(69)75-62-61(71)60(70)58(53-66)74-64(62)73-54-55(56(67)50-47-44-41-38-35-21-18-15-12-9-6-3)65-63(72)57(68)51-48-45-42-39-36-33-25-23-20-17-14-11-8-5-2/h16,19-20,23-24,26,28-29,47,50,55-58,60-62,64,66-68,70-71H,4-15,17-18,21-22,25,27,30-46,48-49,51-54H2,1-3H3,(H,65,72)/b19-16-,23-20-,26-24-,29-28-,50-47+. The summed E-state index contributed by atoms with van der Waals surface area (Å²) in [7, 11) is 0. The van der Waals surface area contributed by atoms with Gasteiger partial charge in [0.25, 0.3) is 0 Å². The first-order valence-corrected chi connectivity index (χ1v) is 31.1. The fraction of sp³-hybridized carbons (Fsp3) is 0.812. The van der Waals surface area contributed by atoms with E-state index in [0.29, 0.717) is 12.8 Å². The molecule has 0 saturated carbocycles. The van der Waals surface area contributed by atoms with Crippen molar-refractivity contribution < 1.29 is 49.3 Å². The second-order valence-electron chi connectivity index (χ2n) is 21.4. The first-order valence-electron chi connectivity index (χ1n) is 31.1. The Kier molecular flexibility index (Phi) is 48.9. The van der Waals surface area contributed by atoms with Crippen LogP contribution in [0.3, 0.4) is 0 Å². The number of unbranched alkanes of at least 4 members (excludes halogenated alkanes) is 30. The van der Waals surface area contributed by atoms with Gasteiger partial charge in [-0.2, -0.15) is 0 Å². The molecule has 0 aromatic rings. The number of carbonyl (C=O) groups excluding carboxylic acids is 2. The van der Waals surface area contributed by atoms with Crippen LogP contribution in [0, 0.1) is 0 Å². The van der Waals surface area contributed by atoms with Crippen molar-refractivity contribution in [2.75, 3.05) is 13.2 Å². The molecule has 1 aliphatic heterocycles. The number of amides is 1. The number of aliphatic hydroxyl groups excluding tert-OH is 5. The normalized spacial score (nSPS) is 19.6. The average Bonchev–Trinajstić information content (AvgIpc) is 3.41. The topological polar surface area (TPSA) is 175 Å². The number of ether oxygens (including phenoxy) is 3. The third-order valence-corrected chi connectivity index (χ3v) is 14.4. The predicted octanol–water partition coefficient (Wildman–Crippen LogP) is 14.6. The molecule has 0 aliphatic carbocycles. The van der Waals surface area contributed by atoms with E-state index in [-0.39, 0.29) is 19.4 Å². The van der Waals surface area contributed by atoms with Crippen molar-refractivity contribution in [3.05, 3.63) is 60.8 Å². The van der Waals surface area contributed by atoms with Gasteiger partial charge in [0, 0.05) is 6.42 Å². The summed E-state index contributed by atoms with van der Waals surface area (Å²) >= 11 is 0. The Hall–Kier alpha value is -2.64. The van der Waals surface area contributed by atoms with Crippen molar-refractivity contribution in [1.82, 2.24) is 5.32 Å². The molecular weight excluding hydrogens is 943 g/mol. The first kappa shape index (κ1) is 70.4. The molecule has 8 atom stereocenters. The summed E-state index contributed by atoms with van der Waals surface area (Å²) in [4.78, 5) is 26.5.